The van der Waals surface area contributed by atoms with Gasteiger partial charge in [-0.05, 0) is 45.3 Å². The molecule has 0 aliphatic rings. The minimum atomic E-state index is 0.587. The summed E-state index contributed by atoms with van der Waals surface area (Å²) in [6.07, 6.45) is 4.63. The molecule has 17 heavy (non-hydrogen) atoms. The molecule has 0 saturated heterocycles. The fourth-order valence-electron chi connectivity index (χ4n) is 1.78. The lowest BCUT2D eigenvalue weighted by molar-refractivity contribution is 0.272. The van der Waals surface area contributed by atoms with E-state index in [1.54, 1.807) is 0 Å². The second kappa shape index (κ2) is 11.7. The predicted octanol–water partition coefficient (Wildman–Crippen LogP) is 1.81. The number of nitrogens with one attached hydrogen (secondary N) is 1. The van der Waals surface area contributed by atoms with Gasteiger partial charge < -0.3 is 16.0 Å². The van der Waals surface area contributed by atoms with Gasteiger partial charge in [-0.25, -0.2) is 0 Å². The maximum Gasteiger partial charge on any atom is 0.188 e. The van der Waals surface area contributed by atoms with Crippen LogP contribution in [-0.4, -0.2) is 43.6 Å². The third-order valence-electron chi connectivity index (χ3n) is 2.54. The SMILES string of the molecule is CCCN=C(N)NCCCN(CCC)CCC. The summed E-state index contributed by atoms with van der Waals surface area (Å²) in [4.78, 5) is 6.72. The van der Waals surface area contributed by atoms with E-state index in [1.165, 1.54) is 25.9 Å². The molecule has 102 valence electrons. The van der Waals surface area contributed by atoms with Crippen molar-refractivity contribution in [3.8, 4) is 0 Å². The van der Waals surface area contributed by atoms with E-state index in [0.717, 1.165) is 32.5 Å². The second-order valence-corrected chi connectivity index (χ2v) is 4.39. The molecule has 0 atom stereocenters. The lowest BCUT2D eigenvalue weighted by Gasteiger charge is -2.20. The van der Waals surface area contributed by atoms with Gasteiger partial charge in [-0.15, -0.1) is 0 Å². The molecule has 3 N–H and O–H groups in total. The van der Waals surface area contributed by atoms with Gasteiger partial charge in [0, 0.05) is 13.1 Å². The van der Waals surface area contributed by atoms with Crippen LogP contribution in [-0.2, 0) is 0 Å². The number of nitrogens with zero attached hydrogens (tertiary/aromatic N) is 2. The third-order valence-corrected chi connectivity index (χ3v) is 2.54. The number of guanidine groups is 1. The third kappa shape index (κ3) is 10.1. The molecular weight excluding hydrogens is 212 g/mol. The number of aliphatic imine (C=N–C) groups is 1. The number of rotatable bonds is 10. The first-order chi connectivity index (χ1) is 8.24. The zero-order chi connectivity index (χ0) is 12.9. The van der Waals surface area contributed by atoms with E-state index in [9.17, 15) is 0 Å². The van der Waals surface area contributed by atoms with E-state index in [1.807, 2.05) is 0 Å². The Kier molecular flexibility index (Phi) is 11.2. The second-order valence-electron chi connectivity index (χ2n) is 4.39. The van der Waals surface area contributed by atoms with Crippen molar-refractivity contribution >= 4 is 5.96 Å². The fraction of sp³-hybridized carbons (Fsp3) is 0.923. The molecule has 0 heterocycles. The first kappa shape index (κ1) is 16.2. The van der Waals surface area contributed by atoms with Crippen molar-refractivity contribution in [3.63, 3.8) is 0 Å². The van der Waals surface area contributed by atoms with Crippen LogP contribution in [0.25, 0.3) is 0 Å². The molecule has 0 aliphatic carbocycles. The molecule has 4 nitrogen and oxygen atoms in total. The molecule has 0 unspecified atom stereocenters. The van der Waals surface area contributed by atoms with Crippen molar-refractivity contribution in [2.45, 2.75) is 46.5 Å². The summed E-state index contributed by atoms with van der Waals surface area (Å²) in [6, 6.07) is 0. The highest BCUT2D eigenvalue weighted by Gasteiger charge is 2.01. The van der Waals surface area contributed by atoms with Gasteiger partial charge in [0.25, 0.3) is 0 Å². The molecule has 0 spiro atoms. The molecule has 0 aromatic heterocycles. The van der Waals surface area contributed by atoms with Gasteiger partial charge >= 0.3 is 0 Å². The molecule has 0 aliphatic heterocycles. The van der Waals surface area contributed by atoms with Crippen molar-refractivity contribution < 1.29 is 0 Å². The van der Waals surface area contributed by atoms with Crippen LogP contribution >= 0.6 is 0 Å². The van der Waals surface area contributed by atoms with Gasteiger partial charge in [0.15, 0.2) is 5.96 Å². The Morgan fingerprint density at radius 2 is 1.71 bits per heavy atom. The van der Waals surface area contributed by atoms with Crippen LogP contribution in [0, 0.1) is 0 Å². The zero-order valence-corrected chi connectivity index (χ0v) is 11.8. The number of hydrogen-bond donors (Lipinski definition) is 2. The molecule has 0 aromatic rings. The first-order valence-electron chi connectivity index (χ1n) is 7.00. The van der Waals surface area contributed by atoms with E-state index in [-0.39, 0.29) is 0 Å². The average molecular weight is 242 g/mol. The van der Waals surface area contributed by atoms with Gasteiger partial charge in [-0.3, -0.25) is 4.99 Å². The summed E-state index contributed by atoms with van der Waals surface area (Å²) < 4.78 is 0. The quantitative estimate of drug-likeness (QED) is 0.349. The van der Waals surface area contributed by atoms with Crippen LogP contribution in [0.2, 0.25) is 0 Å². The lowest BCUT2D eigenvalue weighted by Crippen LogP contribution is -2.35. The van der Waals surface area contributed by atoms with Gasteiger partial charge in [-0.1, -0.05) is 20.8 Å². The highest BCUT2D eigenvalue weighted by atomic mass is 15.1. The Morgan fingerprint density at radius 1 is 1.06 bits per heavy atom. The zero-order valence-electron chi connectivity index (χ0n) is 11.8. The fourth-order valence-corrected chi connectivity index (χ4v) is 1.78. The van der Waals surface area contributed by atoms with Gasteiger partial charge in [-0.2, -0.15) is 0 Å². The molecule has 0 rings (SSSR count). The molecule has 0 amide bonds. The molecule has 4 heteroatoms. The van der Waals surface area contributed by atoms with Gasteiger partial charge in [0.2, 0.25) is 0 Å². The van der Waals surface area contributed by atoms with Crippen molar-refractivity contribution in [1.82, 2.24) is 10.2 Å². The van der Waals surface area contributed by atoms with E-state index in [2.05, 4.69) is 36.0 Å². The molecule has 0 radical (unpaired) electrons. The highest BCUT2D eigenvalue weighted by Crippen LogP contribution is 1.95. The summed E-state index contributed by atoms with van der Waals surface area (Å²) in [5.41, 5.74) is 5.72. The van der Waals surface area contributed by atoms with Crippen LogP contribution in [0.5, 0.6) is 0 Å². The standard InChI is InChI=1S/C13H30N4/c1-4-8-15-13(14)16-9-7-12-17(10-5-2)11-6-3/h4-12H2,1-3H3,(H3,14,15,16). The minimum absolute atomic E-state index is 0.587. The number of hydrogen-bond acceptors (Lipinski definition) is 2. The van der Waals surface area contributed by atoms with Crippen molar-refractivity contribution in [1.29, 1.82) is 0 Å². The normalized spacial score (nSPS) is 12.1. The Bertz CT molecular complexity index is 186. The van der Waals surface area contributed by atoms with Crippen molar-refractivity contribution in [2.24, 2.45) is 10.7 Å². The Hall–Kier alpha value is -0.770. The minimum Gasteiger partial charge on any atom is -0.370 e. The van der Waals surface area contributed by atoms with Crippen LogP contribution in [0.3, 0.4) is 0 Å². The van der Waals surface area contributed by atoms with Gasteiger partial charge in [0.1, 0.15) is 0 Å². The lowest BCUT2D eigenvalue weighted by atomic mass is 10.3. The summed E-state index contributed by atoms with van der Waals surface area (Å²) in [5, 5.41) is 3.16. The average Bonchev–Trinajstić information content (AvgIpc) is 2.32. The van der Waals surface area contributed by atoms with Crippen molar-refractivity contribution in [2.75, 3.05) is 32.7 Å². The maximum absolute atomic E-state index is 5.72. The predicted molar refractivity (Wildman–Crippen MR) is 76.4 cm³/mol. The Labute approximate surface area is 107 Å². The Balaban J connectivity index is 3.59. The van der Waals surface area contributed by atoms with E-state index >= 15 is 0 Å². The van der Waals surface area contributed by atoms with E-state index in [4.69, 9.17) is 5.73 Å². The van der Waals surface area contributed by atoms with E-state index in [0.29, 0.717) is 5.96 Å². The molecule has 0 saturated carbocycles. The van der Waals surface area contributed by atoms with Crippen molar-refractivity contribution in [3.05, 3.63) is 0 Å². The van der Waals surface area contributed by atoms with Gasteiger partial charge in [0.05, 0.1) is 0 Å². The topological polar surface area (TPSA) is 53.6 Å². The summed E-state index contributed by atoms with van der Waals surface area (Å²) in [5.74, 6) is 0.587. The number of nitrogens with two attached hydrogens (primary N) is 1. The van der Waals surface area contributed by atoms with Crippen LogP contribution < -0.4 is 11.1 Å². The largest absolute Gasteiger partial charge is 0.370 e. The molecule has 0 aromatic carbocycles. The highest BCUT2D eigenvalue weighted by molar-refractivity contribution is 5.77. The van der Waals surface area contributed by atoms with Crippen LogP contribution in [0.15, 0.2) is 4.99 Å². The Morgan fingerprint density at radius 3 is 2.24 bits per heavy atom. The molecular formula is C13H30N4. The maximum atomic E-state index is 5.72. The monoisotopic (exact) mass is 242 g/mol. The van der Waals surface area contributed by atoms with E-state index < -0.39 is 0 Å². The summed E-state index contributed by atoms with van der Waals surface area (Å²) in [7, 11) is 0. The van der Waals surface area contributed by atoms with Crippen LogP contribution in [0.4, 0.5) is 0 Å². The summed E-state index contributed by atoms with van der Waals surface area (Å²) >= 11 is 0. The molecule has 0 bridgehead atoms. The molecule has 0 fully saturated rings. The smallest absolute Gasteiger partial charge is 0.188 e. The first-order valence-corrected chi connectivity index (χ1v) is 7.00. The van der Waals surface area contributed by atoms with Crippen LogP contribution in [0.1, 0.15) is 46.5 Å². The summed E-state index contributed by atoms with van der Waals surface area (Å²) in [6.45, 7) is 11.9.